The highest BCUT2D eigenvalue weighted by Crippen LogP contribution is 2.15. The molecule has 4 rings (SSSR count). The summed E-state index contributed by atoms with van der Waals surface area (Å²) in [5.41, 5.74) is 2.75. The number of hydrogen-bond donors (Lipinski definition) is 1. The molecule has 7 heteroatoms. The van der Waals surface area contributed by atoms with E-state index in [0.717, 1.165) is 83.4 Å². The zero-order chi connectivity index (χ0) is 22.2. The lowest BCUT2D eigenvalue weighted by molar-refractivity contribution is 0.172. The van der Waals surface area contributed by atoms with Crippen molar-refractivity contribution in [2.45, 2.75) is 65.5 Å². The summed E-state index contributed by atoms with van der Waals surface area (Å²) in [4.78, 5) is 9.91. The number of piperazine rings is 1. The molecule has 2 aliphatic heterocycles. The first-order chi connectivity index (χ1) is 15.7. The first kappa shape index (κ1) is 22.8. The number of aromatic nitrogens is 3. The standard InChI is InChI=1S/C25H39N7/c1-3-26-25(27-13-8-12-24-29-28-23-11-5-4-6-14-32(23)24)31-17-15-30(16-18-31)20-22-10-7-9-21(2)19-22/h7,9-10,19H,3-6,8,11-18,20H2,1-2H3,(H,26,27). The summed E-state index contributed by atoms with van der Waals surface area (Å²) in [7, 11) is 0. The van der Waals surface area contributed by atoms with E-state index in [9.17, 15) is 0 Å². The van der Waals surface area contributed by atoms with Crippen molar-refractivity contribution in [3.05, 3.63) is 47.0 Å². The number of nitrogens with one attached hydrogen (secondary N) is 1. The lowest BCUT2D eigenvalue weighted by atomic mass is 10.1. The molecule has 1 fully saturated rings. The number of nitrogens with zero attached hydrogens (tertiary/aromatic N) is 6. The van der Waals surface area contributed by atoms with Crippen LogP contribution in [0.3, 0.4) is 0 Å². The SMILES string of the molecule is CCNC(=NCCCc1nnc2n1CCCCC2)N1CCN(Cc2cccc(C)c2)CC1. The Labute approximate surface area is 192 Å². The average Bonchev–Trinajstić information content (AvgIpc) is 3.02. The fourth-order valence-electron chi connectivity index (χ4n) is 4.76. The zero-order valence-corrected chi connectivity index (χ0v) is 19.9. The van der Waals surface area contributed by atoms with Crippen molar-refractivity contribution in [1.82, 2.24) is 29.9 Å². The number of aliphatic imine (C=N–C) groups is 1. The topological polar surface area (TPSA) is 61.6 Å². The molecule has 0 bridgehead atoms. The maximum Gasteiger partial charge on any atom is 0.194 e. The van der Waals surface area contributed by atoms with Gasteiger partial charge in [0.2, 0.25) is 0 Å². The molecule has 2 aromatic rings. The van der Waals surface area contributed by atoms with Crippen molar-refractivity contribution < 1.29 is 0 Å². The van der Waals surface area contributed by atoms with E-state index in [1.165, 1.54) is 36.2 Å². The van der Waals surface area contributed by atoms with Gasteiger partial charge in [0.1, 0.15) is 11.6 Å². The highest BCUT2D eigenvalue weighted by molar-refractivity contribution is 5.80. The third-order valence-corrected chi connectivity index (χ3v) is 6.50. The highest BCUT2D eigenvalue weighted by atomic mass is 15.3. The molecule has 1 aromatic heterocycles. The number of benzene rings is 1. The molecule has 0 spiro atoms. The second kappa shape index (κ2) is 11.5. The van der Waals surface area contributed by atoms with Crippen molar-refractivity contribution >= 4 is 5.96 Å². The molecule has 0 amide bonds. The van der Waals surface area contributed by atoms with Gasteiger partial charge < -0.3 is 14.8 Å². The van der Waals surface area contributed by atoms with Gasteiger partial charge in [-0.15, -0.1) is 10.2 Å². The third-order valence-electron chi connectivity index (χ3n) is 6.50. The first-order valence-corrected chi connectivity index (χ1v) is 12.4. The van der Waals surface area contributed by atoms with Crippen LogP contribution in [-0.4, -0.2) is 69.8 Å². The van der Waals surface area contributed by atoms with Crippen LogP contribution >= 0.6 is 0 Å². The molecule has 1 saturated heterocycles. The summed E-state index contributed by atoms with van der Waals surface area (Å²) in [5, 5.41) is 12.4. The number of aryl methyl sites for hydroxylation is 3. The predicted molar refractivity (Wildman–Crippen MR) is 130 cm³/mol. The van der Waals surface area contributed by atoms with Crippen molar-refractivity contribution in [3.63, 3.8) is 0 Å². The molecule has 0 aliphatic carbocycles. The van der Waals surface area contributed by atoms with Gasteiger partial charge in [-0.2, -0.15) is 0 Å². The van der Waals surface area contributed by atoms with Crippen LogP contribution in [0.4, 0.5) is 0 Å². The molecular formula is C25H39N7. The van der Waals surface area contributed by atoms with E-state index in [1.54, 1.807) is 0 Å². The lowest BCUT2D eigenvalue weighted by Crippen LogP contribution is -2.52. The summed E-state index contributed by atoms with van der Waals surface area (Å²) in [6, 6.07) is 8.86. The molecule has 32 heavy (non-hydrogen) atoms. The normalized spacial score (nSPS) is 17.8. The lowest BCUT2D eigenvalue weighted by Gasteiger charge is -2.36. The van der Waals surface area contributed by atoms with E-state index >= 15 is 0 Å². The van der Waals surface area contributed by atoms with Gasteiger partial charge in [0.25, 0.3) is 0 Å². The molecule has 7 nitrogen and oxygen atoms in total. The Balaban J connectivity index is 1.26. The van der Waals surface area contributed by atoms with Crippen LogP contribution in [0, 0.1) is 6.92 Å². The van der Waals surface area contributed by atoms with Gasteiger partial charge in [0, 0.05) is 65.2 Å². The van der Waals surface area contributed by atoms with Crippen LogP contribution in [0.25, 0.3) is 0 Å². The van der Waals surface area contributed by atoms with E-state index in [-0.39, 0.29) is 0 Å². The molecule has 174 valence electrons. The maximum absolute atomic E-state index is 4.94. The fraction of sp³-hybridized carbons (Fsp3) is 0.640. The van der Waals surface area contributed by atoms with E-state index < -0.39 is 0 Å². The monoisotopic (exact) mass is 437 g/mol. The minimum absolute atomic E-state index is 0.827. The Morgan fingerprint density at radius 3 is 2.75 bits per heavy atom. The molecule has 0 saturated carbocycles. The zero-order valence-electron chi connectivity index (χ0n) is 19.9. The van der Waals surface area contributed by atoms with E-state index in [1.807, 2.05) is 0 Å². The summed E-state index contributed by atoms with van der Waals surface area (Å²) >= 11 is 0. The quantitative estimate of drug-likeness (QED) is 0.410. The molecule has 2 aliphatic rings. The summed E-state index contributed by atoms with van der Waals surface area (Å²) < 4.78 is 2.36. The molecular weight excluding hydrogens is 398 g/mol. The van der Waals surface area contributed by atoms with Gasteiger partial charge in [-0.05, 0) is 38.7 Å². The van der Waals surface area contributed by atoms with Crippen molar-refractivity contribution in [2.24, 2.45) is 4.99 Å². The number of hydrogen-bond acceptors (Lipinski definition) is 4. The molecule has 0 atom stereocenters. The van der Waals surface area contributed by atoms with Gasteiger partial charge >= 0.3 is 0 Å². The third kappa shape index (κ3) is 6.09. The average molecular weight is 438 g/mol. The molecule has 0 radical (unpaired) electrons. The molecule has 1 aromatic carbocycles. The largest absolute Gasteiger partial charge is 0.357 e. The second-order valence-corrected chi connectivity index (χ2v) is 9.09. The maximum atomic E-state index is 4.94. The van der Waals surface area contributed by atoms with Gasteiger partial charge in [-0.25, -0.2) is 0 Å². The van der Waals surface area contributed by atoms with Crippen molar-refractivity contribution in [2.75, 3.05) is 39.3 Å². The Bertz CT molecular complexity index is 880. The number of guanidine groups is 1. The van der Waals surface area contributed by atoms with E-state index in [0.29, 0.717) is 0 Å². The summed E-state index contributed by atoms with van der Waals surface area (Å²) in [6.45, 7) is 12.4. The Kier molecular flexibility index (Phi) is 8.15. The van der Waals surface area contributed by atoms with E-state index in [2.05, 4.69) is 68.0 Å². The fourth-order valence-corrected chi connectivity index (χ4v) is 4.76. The van der Waals surface area contributed by atoms with Gasteiger partial charge in [-0.3, -0.25) is 9.89 Å². The summed E-state index contributed by atoms with van der Waals surface area (Å²) in [5.74, 6) is 3.38. The van der Waals surface area contributed by atoms with Crippen LogP contribution in [0.15, 0.2) is 29.3 Å². The van der Waals surface area contributed by atoms with Crippen LogP contribution in [0.1, 0.15) is 55.4 Å². The highest BCUT2D eigenvalue weighted by Gasteiger charge is 2.20. The van der Waals surface area contributed by atoms with Crippen LogP contribution < -0.4 is 5.32 Å². The molecule has 3 heterocycles. The van der Waals surface area contributed by atoms with Crippen LogP contribution in [-0.2, 0) is 25.9 Å². The second-order valence-electron chi connectivity index (χ2n) is 9.09. The molecule has 1 N–H and O–H groups in total. The Hall–Kier alpha value is -2.41. The van der Waals surface area contributed by atoms with Gasteiger partial charge in [0.15, 0.2) is 5.96 Å². The molecule has 0 unspecified atom stereocenters. The summed E-state index contributed by atoms with van der Waals surface area (Å²) in [6.07, 6.45) is 6.84. The van der Waals surface area contributed by atoms with Gasteiger partial charge in [-0.1, -0.05) is 36.2 Å². The smallest absolute Gasteiger partial charge is 0.194 e. The van der Waals surface area contributed by atoms with Crippen molar-refractivity contribution in [3.8, 4) is 0 Å². The Morgan fingerprint density at radius 1 is 1.06 bits per heavy atom. The number of rotatable bonds is 7. The Morgan fingerprint density at radius 2 is 1.94 bits per heavy atom. The van der Waals surface area contributed by atoms with Gasteiger partial charge in [0.05, 0.1) is 0 Å². The predicted octanol–water partition coefficient (Wildman–Crippen LogP) is 3.03. The minimum atomic E-state index is 0.827. The van der Waals surface area contributed by atoms with Crippen LogP contribution in [0.5, 0.6) is 0 Å². The number of fused-ring (bicyclic) bond motifs is 1. The van der Waals surface area contributed by atoms with E-state index in [4.69, 9.17) is 4.99 Å². The first-order valence-electron chi connectivity index (χ1n) is 12.4. The van der Waals surface area contributed by atoms with Crippen LogP contribution in [0.2, 0.25) is 0 Å². The van der Waals surface area contributed by atoms with Crippen molar-refractivity contribution in [1.29, 1.82) is 0 Å². The minimum Gasteiger partial charge on any atom is -0.357 e.